The molecule has 0 spiro atoms. The second-order valence-corrected chi connectivity index (χ2v) is 6.96. The van der Waals surface area contributed by atoms with Gasteiger partial charge in [0, 0.05) is 11.6 Å². The first-order chi connectivity index (χ1) is 10.7. The number of benzene rings is 1. The van der Waals surface area contributed by atoms with Crippen molar-refractivity contribution in [2.45, 2.75) is 44.6 Å². The highest BCUT2D eigenvalue weighted by atomic mass is 16.5. The number of esters is 1. The number of nitrogens with one attached hydrogen (secondary N) is 1. The first-order valence-electron chi connectivity index (χ1n) is 8.31. The molecule has 0 aromatic heterocycles. The maximum absolute atomic E-state index is 12.3. The molecular weight excluding hydrogens is 278 g/mol. The van der Waals surface area contributed by atoms with E-state index in [2.05, 4.69) is 5.32 Å². The van der Waals surface area contributed by atoms with E-state index >= 15 is 0 Å². The molecular formula is C18H21NO3. The Morgan fingerprint density at radius 2 is 1.95 bits per heavy atom. The van der Waals surface area contributed by atoms with Crippen molar-refractivity contribution in [3.05, 3.63) is 29.8 Å². The lowest BCUT2D eigenvalue weighted by molar-refractivity contribution is -0.117. The third-order valence-corrected chi connectivity index (χ3v) is 5.25. The van der Waals surface area contributed by atoms with Gasteiger partial charge in [-0.15, -0.1) is 0 Å². The molecule has 4 rings (SSSR count). The van der Waals surface area contributed by atoms with Gasteiger partial charge >= 0.3 is 5.97 Å². The molecule has 22 heavy (non-hydrogen) atoms. The van der Waals surface area contributed by atoms with Gasteiger partial charge in [0.05, 0.1) is 5.56 Å². The van der Waals surface area contributed by atoms with E-state index in [4.69, 9.17) is 4.74 Å². The molecule has 3 fully saturated rings. The summed E-state index contributed by atoms with van der Waals surface area (Å²) >= 11 is 0. The van der Waals surface area contributed by atoms with Crippen molar-refractivity contribution < 1.29 is 14.3 Å². The Bertz CT molecular complexity index is 608. The molecule has 3 unspecified atom stereocenters. The molecule has 4 heteroatoms. The molecule has 116 valence electrons. The third kappa shape index (κ3) is 2.74. The number of amides is 1. The maximum Gasteiger partial charge on any atom is 0.338 e. The minimum Gasteiger partial charge on any atom is -0.458 e. The quantitative estimate of drug-likeness (QED) is 0.867. The summed E-state index contributed by atoms with van der Waals surface area (Å²) in [6.07, 6.45) is 6.76. The van der Waals surface area contributed by atoms with Crippen molar-refractivity contribution in [2.24, 2.45) is 17.8 Å². The third-order valence-electron chi connectivity index (χ3n) is 5.25. The van der Waals surface area contributed by atoms with Gasteiger partial charge in [-0.2, -0.15) is 0 Å². The van der Waals surface area contributed by atoms with Crippen LogP contribution >= 0.6 is 0 Å². The van der Waals surface area contributed by atoms with Crippen LogP contribution in [0.4, 0.5) is 5.69 Å². The predicted molar refractivity (Wildman–Crippen MR) is 82.4 cm³/mol. The molecule has 0 radical (unpaired) electrons. The van der Waals surface area contributed by atoms with E-state index in [1.807, 2.05) is 6.07 Å². The lowest BCUT2D eigenvalue weighted by atomic mass is 9.98. The van der Waals surface area contributed by atoms with Crippen molar-refractivity contribution in [2.75, 3.05) is 5.32 Å². The standard InChI is InChI=1S/C18H21NO3/c20-17(12-6-7-12)19-15-3-1-2-14(10-15)18(21)22-16-9-11-4-5-13(16)8-11/h1-3,10-13,16H,4-9H2,(H,19,20). The zero-order valence-corrected chi connectivity index (χ0v) is 12.6. The fourth-order valence-corrected chi connectivity index (χ4v) is 3.85. The van der Waals surface area contributed by atoms with Gasteiger partial charge in [-0.1, -0.05) is 6.07 Å². The molecule has 1 amide bonds. The number of fused-ring (bicyclic) bond motifs is 2. The van der Waals surface area contributed by atoms with Crippen LogP contribution in [0.3, 0.4) is 0 Å². The Balaban J connectivity index is 1.40. The van der Waals surface area contributed by atoms with Crippen LogP contribution in [0.5, 0.6) is 0 Å². The maximum atomic E-state index is 12.3. The summed E-state index contributed by atoms with van der Waals surface area (Å²) in [5, 5.41) is 2.87. The average molecular weight is 299 g/mol. The first kappa shape index (κ1) is 13.8. The highest BCUT2D eigenvalue weighted by molar-refractivity contribution is 5.96. The summed E-state index contributed by atoms with van der Waals surface area (Å²) in [5.41, 5.74) is 1.20. The Morgan fingerprint density at radius 3 is 2.64 bits per heavy atom. The average Bonchev–Trinajstić information content (AvgIpc) is 3.18. The number of hydrogen-bond donors (Lipinski definition) is 1. The lowest BCUT2D eigenvalue weighted by Gasteiger charge is -2.22. The zero-order chi connectivity index (χ0) is 15.1. The summed E-state index contributed by atoms with van der Waals surface area (Å²) in [5.74, 6) is 1.27. The number of ether oxygens (including phenoxy) is 1. The van der Waals surface area contributed by atoms with Crippen molar-refractivity contribution in [1.82, 2.24) is 0 Å². The SMILES string of the molecule is O=C(OC1CC2CCC1C2)c1cccc(NC(=O)C2CC2)c1. The summed E-state index contributed by atoms with van der Waals surface area (Å²) in [6, 6.07) is 7.08. The topological polar surface area (TPSA) is 55.4 Å². The second-order valence-electron chi connectivity index (χ2n) is 6.96. The van der Waals surface area contributed by atoms with E-state index in [-0.39, 0.29) is 23.9 Å². The van der Waals surface area contributed by atoms with Gasteiger partial charge < -0.3 is 10.1 Å². The number of carbonyl (C=O) groups excluding carboxylic acids is 2. The Hall–Kier alpha value is -1.84. The van der Waals surface area contributed by atoms with Crippen LogP contribution in [0.1, 0.15) is 48.9 Å². The normalized spacial score (nSPS) is 29.4. The smallest absolute Gasteiger partial charge is 0.338 e. The first-order valence-corrected chi connectivity index (χ1v) is 8.31. The van der Waals surface area contributed by atoms with Gasteiger partial charge in [0.2, 0.25) is 5.91 Å². The number of rotatable bonds is 4. The lowest BCUT2D eigenvalue weighted by Crippen LogP contribution is -2.24. The Labute approximate surface area is 130 Å². The van der Waals surface area contributed by atoms with Crippen LogP contribution < -0.4 is 5.32 Å². The molecule has 3 aliphatic carbocycles. The van der Waals surface area contributed by atoms with E-state index in [1.165, 1.54) is 19.3 Å². The van der Waals surface area contributed by atoms with E-state index < -0.39 is 0 Å². The van der Waals surface area contributed by atoms with E-state index in [9.17, 15) is 9.59 Å². The van der Waals surface area contributed by atoms with Gasteiger partial charge in [-0.25, -0.2) is 4.79 Å². The molecule has 2 bridgehead atoms. The van der Waals surface area contributed by atoms with Crippen LogP contribution in [-0.2, 0) is 9.53 Å². The summed E-state index contributed by atoms with van der Waals surface area (Å²) < 4.78 is 5.70. The molecule has 0 saturated heterocycles. The molecule has 3 atom stereocenters. The van der Waals surface area contributed by atoms with Crippen molar-refractivity contribution >= 4 is 17.6 Å². The summed E-state index contributed by atoms with van der Waals surface area (Å²) in [6.45, 7) is 0. The van der Waals surface area contributed by atoms with Crippen LogP contribution in [0.15, 0.2) is 24.3 Å². The highest BCUT2D eigenvalue weighted by Crippen LogP contribution is 2.46. The molecule has 1 aromatic rings. The molecule has 0 aliphatic heterocycles. The van der Waals surface area contributed by atoms with Crippen LogP contribution in [0.2, 0.25) is 0 Å². The second kappa shape index (κ2) is 5.41. The fourth-order valence-electron chi connectivity index (χ4n) is 3.85. The van der Waals surface area contributed by atoms with Crippen LogP contribution in [-0.4, -0.2) is 18.0 Å². The molecule has 4 nitrogen and oxygen atoms in total. The molecule has 0 heterocycles. The predicted octanol–water partition coefficient (Wildman–Crippen LogP) is 3.38. The molecule has 1 N–H and O–H groups in total. The monoisotopic (exact) mass is 299 g/mol. The van der Waals surface area contributed by atoms with E-state index in [0.29, 0.717) is 17.2 Å². The number of hydrogen-bond acceptors (Lipinski definition) is 3. The Kier molecular flexibility index (Phi) is 3.40. The van der Waals surface area contributed by atoms with Crippen molar-refractivity contribution in [1.29, 1.82) is 0 Å². The zero-order valence-electron chi connectivity index (χ0n) is 12.6. The number of anilines is 1. The molecule has 1 aromatic carbocycles. The van der Waals surface area contributed by atoms with E-state index in [0.717, 1.165) is 25.2 Å². The Morgan fingerprint density at radius 1 is 1.09 bits per heavy atom. The number of carbonyl (C=O) groups is 2. The highest BCUT2D eigenvalue weighted by Gasteiger charge is 2.41. The van der Waals surface area contributed by atoms with Gasteiger partial charge in [-0.3, -0.25) is 4.79 Å². The minimum atomic E-state index is -0.264. The van der Waals surface area contributed by atoms with E-state index in [1.54, 1.807) is 18.2 Å². The fraction of sp³-hybridized carbons (Fsp3) is 0.556. The van der Waals surface area contributed by atoms with Gasteiger partial charge in [-0.05, 0) is 68.6 Å². The van der Waals surface area contributed by atoms with Crippen LogP contribution in [0.25, 0.3) is 0 Å². The van der Waals surface area contributed by atoms with Crippen LogP contribution in [0, 0.1) is 17.8 Å². The summed E-state index contributed by atoms with van der Waals surface area (Å²) in [7, 11) is 0. The van der Waals surface area contributed by atoms with Gasteiger partial charge in [0.1, 0.15) is 6.10 Å². The molecule has 3 aliphatic rings. The minimum absolute atomic E-state index is 0.0543. The summed E-state index contributed by atoms with van der Waals surface area (Å²) in [4.78, 5) is 24.1. The van der Waals surface area contributed by atoms with Gasteiger partial charge in [0.25, 0.3) is 0 Å². The van der Waals surface area contributed by atoms with Gasteiger partial charge in [0.15, 0.2) is 0 Å². The largest absolute Gasteiger partial charge is 0.458 e. The van der Waals surface area contributed by atoms with Crippen molar-refractivity contribution in [3.8, 4) is 0 Å². The van der Waals surface area contributed by atoms with Crippen molar-refractivity contribution in [3.63, 3.8) is 0 Å². The molecule has 3 saturated carbocycles.